The zero-order valence-corrected chi connectivity index (χ0v) is 13.2. The van der Waals surface area contributed by atoms with Gasteiger partial charge in [0.05, 0.1) is 5.69 Å². The topological polar surface area (TPSA) is 103 Å². The lowest BCUT2D eigenvalue weighted by atomic mass is 10.2. The minimum Gasteiger partial charge on any atom is -0.480 e. The summed E-state index contributed by atoms with van der Waals surface area (Å²) in [6.07, 6.45) is 4.23. The number of carboxylic acid groups (broad SMARTS) is 1. The van der Waals surface area contributed by atoms with Crippen LogP contribution in [0.5, 0.6) is 0 Å². The summed E-state index contributed by atoms with van der Waals surface area (Å²) >= 11 is 0. The Morgan fingerprint density at radius 2 is 1.88 bits per heavy atom. The molecule has 0 unspecified atom stereocenters. The van der Waals surface area contributed by atoms with Crippen LogP contribution in [-0.4, -0.2) is 41.6 Å². The zero-order valence-electron chi connectivity index (χ0n) is 13.2. The Morgan fingerprint density at radius 1 is 1.04 bits per heavy atom. The second kappa shape index (κ2) is 9.14. The Bertz CT molecular complexity index is 677. The summed E-state index contributed by atoms with van der Waals surface area (Å²) in [5.41, 5.74) is 2.04. The maximum absolute atomic E-state index is 12.1. The molecule has 0 aliphatic rings. The second-order valence-corrected chi connectivity index (χ2v) is 5.11. The molecule has 0 aliphatic heterocycles. The van der Waals surface area contributed by atoms with Crippen molar-refractivity contribution >= 4 is 23.3 Å². The van der Waals surface area contributed by atoms with E-state index in [2.05, 4.69) is 20.9 Å². The van der Waals surface area contributed by atoms with Crippen LogP contribution in [0.1, 0.15) is 16.8 Å². The summed E-state index contributed by atoms with van der Waals surface area (Å²) in [6.45, 7) is 1.08. The van der Waals surface area contributed by atoms with Crippen LogP contribution in [0, 0.1) is 0 Å². The summed E-state index contributed by atoms with van der Waals surface area (Å²) in [5.74, 6) is -1.14. The number of carboxylic acids is 1. The van der Waals surface area contributed by atoms with Crippen LogP contribution in [0.3, 0.4) is 0 Å². The number of hydrogen-bond acceptors (Lipinski definition) is 5. The van der Waals surface area contributed by atoms with Gasteiger partial charge in [-0.2, -0.15) is 0 Å². The largest absolute Gasteiger partial charge is 0.480 e. The van der Waals surface area contributed by atoms with Crippen LogP contribution >= 0.6 is 0 Å². The highest BCUT2D eigenvalue weighted by atomic mass is 16.4. The molecule has 126 valence electrons. The summed E-state index contributed by atoms with van der Waals surface area (Å²) in [4.78, 5) is 26.6. The molecule has 2 aromatic rings. The van der Waals surface area contributed by atoms with Crippen molar-refractivity contribution in [2.45, 2.75) is 6.42 Å². The standard InChI is InChI=1S/C17H20N4O3/c22-16(23)12-21-14-5-1-4-13(10-14)17(24)20-9-3-8-19-15-6-2-7-18-11-15/h1-2,4-7,10-11,19,21H,3,8-9,12H2,(H,20,24)(H,22,23). The summed E-state index contributed by atoms with van der Waals surface area (Å²) in [5, 5.41) is 17.4. The lowest BCUT2D eigenvalue weighted by molar-refractivity contribution is -0.134. The number of amides is 1. The molecule has 7 heteroatoms. The van der Waals surface area contributed by atoms with Crippen molar-refractivity contribution < 1.29 is 14.7 Å². The van der Waals surface area contributed by atoms with Crippen LogP contribution in [0.4, 0.5) is 11.4 Å². The van der Waals surface area contributed by atoms with Crippen molar-refractivity contribution in [3.8, 4) is 0 Å². The summed E-state index contributed by atoms with van der Waals surface area (Å²) < 4.78 is 0. The molecule has 0 bridgehead atoms. The van der Waals surface area contributed by atoms with E-state index in [9.17, 15) is 9.59 Å². The number of benzene rings is 1. The van der Waals surface area contributed by atoms with E-state index in [0.717, 1.165) is 18.7 Å². The molecule has 0 aliphatic carbocycles. The van der Waals surface area contributed by atoms with E-state index in [0.29, 0.717) is 17.8 Å². The molecule has 1 amide bonds. The van der Waals surface area contributed by atoms with Crippen molar-refractivity contribution in [2.75, 3.05) is 30.3 Å². The monoisotopic (exact) mass is 328 g/mol. The fourth-order valence-corrected chi connectivity index (χ4v) is 2.04. The van der Waals surface area contributed by atoms with Gasteiger partial charge in [-0.05, 0) is 36.8 Å². The van der Waals surface area contributed by atoms with Crippen LogP contribution in [0.25, 0.3) is 0 Å². The first kappa shape index (κ1) is 17.3. The number of carbonyl (C=O) groups excluding carboxylic acids is 1. The Morgan fingerprint density at radius 3 is 2.62 bits per heavy atom. The molecule has 24 heavy (non-hydrogen) atoms. The molecule has 7 nitrogen and oxygen atoms in total. The predicted molar refractivity (Wildman–Crippen MR) is 92.2 cm³/mol. The molecule has 0 saturated carbocycles. The van der Waals surface area contributed by atoms with Crippen molar-refractivity contribution in [3.05, 3.63) is 54.4 Å². The van der Waals surface area contributed by atoms with E-state index in [1.807, 2.05) is 12.1 Å². The van der Waals surface area contributed by atoms with Crippen LogP contribution < -0.4 is 16.0 Å². The first-order valence-corrected chi connectivity index (χ1v) is 7.63. The van der Waals surface area contributed by atoms with Crippen LogP contribution in [0.2, 0.25) is 0 Å². The first-order valence-electron chi connectivity index (χ1n) is 7.63. The maximum Gasteiger partial charge on any atom is 0.322 e. The van der Waals surface area contributed by atoms with Gasteiger partial charge in [0.2, 0.25) is 0 Å². The third-order valence-electron chi connectivity index (χ3n) is 3.20. The zero-order chi connectivity index (χ0) is 17.2. The molecular formula is C17H20N4O3. The number of anilines is 2. The van der Waals surface area contributed by atoms with Gasteiger partial charge in [-0.1, -0.05) is 6.07 Å². The Hall–Kier alpha value is -3.09. The average molecular weight is 328 g/mol. The lowest BCUT2D eigenvalue weighted by Crippen LogP contribution is -2.26. The molecule has 0 radical (unpaired) electrons. The highest BCUT2D eigenvalue weighted by Crippen LogP contribution is 2.10. The molecule has 0 spiro atoms. The normalized spacial score (nSPS) is 10.0. The number of carbonyl (C=O) groups is 2. The number of aromatic nitrogens is 1. The number of pyridine rings is 1. The molecule has 2 rings (SSSR count). The highest BCUT2D eigenvalue weighted by Gasteiger charge is 2.06. The van der Waals surface area contributed by atoms with Gasteiger partial charge in [0, 0.05) is 36.7 Å². The van der Waals surface area contributed by atoms with E-state index < -0.39 is 5.97 Å². The van der Waals surface area contributed by atoms with Crippen molar-refractivity contribution in [1.29, 1.82) is 0 Å². The van der Waals surface area contributed by atoms with E-state index >= 15 is 0 Å². The number of nitrogens with one attached hydrogen (secondary N) is 3. The van der Waals surface area contributed by atoms with E-state index in [-0.39, 0.29) is 12.5 Å². The molecule has 0 saturated heterocycles. The van der Waals surface area contributed by atoms with Gasteiger partial charge in [0.1, 0.15) is 6.54 Å². The third kappa shape index (κ3) is 5.96. The Balaban J connectivity index is 1.72. The molecule has 0 atom stereocenters. The number of nitrogens with zero attached hydrogens (tertiary/aromatic N) is 1. The first-order chi connectivity index (χ1) is 11.6. The molecule has 1 aromatic heterocycles. The minimum atomic E-state index is -0.953. The van der Waals surface area contributed by atoms with Gasteiger partial charge >= 0.3 is 5.97 Å². The predicted octanol–water partition coefficient (Wildman–Crippen LogP) is 1.81. The summed E-state index contributed by atoms with van der Waals surface area (Å²) in [6, 6.07) is 10.5. The molecule has 1 heterocycles. The van der Waals surface area contributed by atoms with Gasteiger partial charge in [0.25, 0.3) is 5.91 Å². The Labute approximate surface area is 140 Å². The molecule has 0 fully saturated rings. The van der Waals surface area contributed by atoms with Crippen molar-refractivity contribution in [1.82, 2.24) is 10.3 Å². The van der Waals surface area contributed by atoms with Crippen LogP contribution in [-0.2, 0) is 4.79 Å². The van der Waals surface area contributed by atoms with Gasteiger partial charge in [-0.25, -0.2) is 0 Å². The van der Waals surface area contributed by atoms with Gasteiger partial charge in [-0.15, -0.1) is 0 Å². The smallest absolute Gasteiger partial charge is 0.322 e. The lowest BCUT2D eigenvalue weighted by Gasteiger charge is -2.09. The van der Waals surface area contributed by atoms with Gasteiger partial charge in [-0.3, -0.25) is 14.6 Å². The van der Waals surface area contributed by atoms with E-state index in [1.54, 1.807) is 36.7 Å². The summed E-state index contributed by atoms with van der Waals surface area (Å²) in [7, 11) is 0. The fraction of sp³-hybridized carbons (Fsp3) is 0.235. The molecule has 4 N–H and O–H groups in total. The average Bonchev–Trinajstić information content (AvgIpc) is 2.60. The number of rotatable bonds is 9. The van der Waals surface area contributed by atoms with E-state index in [4.69, 9.17) is 5.11 Å². The van der Waals surface area contributed by atoms with Crippen molar-refractivity contribution in [2.24, 2.45) is 0 Å². The number of hydrogen-bond donors (Lipinski definition) is 4. The second-order valence-electron chi connectivity index (χ2n) is 5.11. The Kier molecular flexibility index (Phi) is 6.58. The van der Waals surface area contributed by atoms with Crippen LogP contribution in [0.15, 0.2) is 48.8 Å². The van der Waals surface area contributed by atoms with Crippen molar-refractivity contribution in [3.63, 3.8) is 0 Å². The quantitative estimate of drug-likeness (QED) is 0.524. The SMILES string of the molecule is O=C(O)CNc1cccc(C(=O)NCCCNc2cccnc2)c1. The third-order valence-corrected chi connectivity index (χ3v) is 3.20. The minimum absolute atomic E-state index is 0.185. The maximum atomic E-state index is 12.1. The van der Waals surface area contributed by atoms with Gasteiger partial charge in [0.15, 0.2) is 0 Å². The van der Waals surface area contributed by atoms with Gasteiger partial charge < -0.3 is 21.1 Å². The highest BCUT2D eigenvalue weighted by molar-refractivity contribution is 5.95. The fourth-order valence-electron chi connectivity index (χ4n) is 2.04. The van der Waals surface area contributed by atoms with E-state index in [1.165, 1.54) is 0 Å². The number of aliphatic carboxylic acids is 1. The molecular weight excluding hydrogens is 308 g/mol. The molecule has 1 aromatic carbocycles.